The topological polar surface area (TPSA) is 64.6 Å². The minimum atomic E-state index is -0.269. The molecule has 0 bridgehead atoms. The van der Waals surface area contributed by atoms with Crippen LogP contribution < -0.4 is 10.6 Å². The van der Waals surface area contributed by atoms with Crippen molar-refractivity contribution >= 4 is 6.03 Å². The smallest absolute Gasteiger partial charge is 0.315 e. The van der Waals surface area contributed by atoms with E-state index in [2.05, 4.69) is 10.6 Å². The van der Waals surface area contributed by atoms with Gasteiger partial charge in [-0.25, -0.2) is 9.18 Å². The normalized spacial score (nSPS) is 11.6. The number of carbonyl (C=O) groups excluding carboxylic acids is 1. The number of halogens is 1. The maximum Gasteiger partial charge on any atom is 0.315 e. The van der Waals surface area contributed by atoms with Crippen LogP contribution in [0, 0.1) is 11.2 Å². The van der Waals surface area contributed by atoms with E-state index in [1.807, 2.05) is 32.8 Å². The van der Waals surface area contributed by atoms with Gasteiger partial charge in [-0.2, -0.15) is 0 Å². The molecule has 0 aromatic heterocycles. The van der Waals surface area contributed by atoms with Crippen LogP contribution in [-0.4, -0.2) is 43.3 Å². The fourth-order valence-electron chi connectivity index (χ4n) is 2.16. The van der Waals surface area contributed by atoms with Crippen LogP contribution in [0.3, 0.4) is 0 Å². The first kappa shape index (κ1) is 19.4. The molecule has 0 saturated carbocycles. The summed E-state index contributed by atoms with van der Waals surface area (Å²) in [4.78, 5) is 13.7. The number of aliphatic hydroxyl groups is 1. The van der Waals surface area contributed by atoms with Gasteiger partial charge < -0.3 is 20.6 Å². The average molecular weight is 325 g/mol. The Kier molecular flexibility index (Phi) is 7.45. The molecule has 2 amide bonds. The van der Waals surface area contributed by atoms with Gasteiger partial charge in [-0.1, -0.05) is 19.9 Å². The van der Waals surface area contributed by atoms with E-state index in [4.69, 9.17) is 5.11 Å². The van der Waals surface area contributed by atoms with E-state index < -0.39 is 0 Å². The second kappa shape index (κ2) is 8.84. The number of amides is 2. The standard InChI is InChI=1S/C17H28FN3O2/c1-17(2,7-8-22)12-20-16(23)19-10-13-5-6-15(18)14(9-13)11-21(3)4/h5-6,9,22H,7-8,10-12H2,1-4H3,(H2,19,20,23). The van der Waals surface area contributed by atoms with Crippen LogP contribution in [0.2, 0.25) is 0 Å². The Morgan fingerprint density at radius 2 is 2.00 bits per heavy atom. The lowest BCUT2D eigenvalue weighted by atomic mass is 9.90. The van der Waals surface area contributed by atoms with E-state index in [1.165, 1.54) is 6.07 Å². The summed E-state index contributed by atoms with van der Waals surface area (Å²) >= 11 is 0. The number of hydrogen-bond acceptors (Lipinski definition) is 3. The molecule has 0 aliphatic carbocycles. The van der Waals surface area contributed by atoms with E-state index >= 15 is 0 Å². The van der Waals surface area contributed by atoms with Gasteiger partial charge in [0, 0.05) is 31.8 Å². The molecule has 1 aromatic carbocycles. The molecule has 0 aliphatic heterocycles. The van der Waals surface area contributed by atoms with Crippen molar-refractivity contribution in [1.82, 2.24) is 15.5 Å². The highest BCUT2D eigenvalue weighted by Gasteiger charge is 2.17. The molecule has 0 atom stereocenters. The molecule has 1 aromatic rings. The highest BCUT2D eigenvalue weighted by atomic mass is 19.1. The molecular weight excluding hydrogens is 297 g/mol. The predicted molar refractivity (Wildman–Crippen MR) is 89.5 cm³/mol. The minimum Gasteiger partial charge on any atom is -0.396 e. The van der Waals surface area contributed by atoms with Crippen LogP contribution in [0.15, 0.2) is 18.2 Å². The average Bonchev–Trinajstić information content (AvgIpc) is 2.45. The molecule has 0 heterocycles. The zero-order valence-corrected chi connectivity index (χ0v) is 14.4. The monoisotopic (exact) mass is 325 g/mol. The second-order valence-electron chi connectivity index (χ2n) is 6.84. The van der Waals surface area contributed by atoms with E-state index in [0.717, 1.165) is 5.56 Å². The van der Waals surface area contributed by atoms with Gasteiger partial charge in [0.2, 0.25) is 0 Å². The summed E-state index contributed by atoms with van der Waals surface area (Å²) in [6.45, 7) is 5.40. The molecular formula is C17H28FN3O2. The largest absolute Gasteiger partial charge is 0.396 e. The summed E-state index contributed by atoms with van der Waals surface area (Å²) in [7, 11) is 3.76. The molecule has 0 unspecified atom stereocenters. The molecule has 0 radical (unpaired) electrons. The third kappa shape index (κ3) is 7.43. The summed E-state index contributed by atoms with van der Waals surface area (Å²) in [5, 5.41) is 14.5. The number of benzene rings is 1. The second-order valence-corrected chi connectivity index (χ2v) is 6.84. The van der Waals surface area contributed by atoms with E-state index in [-0.39, 0.29) is 23.9 Å². The molecule has 0 saturated heterocycles. The molecule has 5 nitrogen and oxygen atoms in total. The molecule has 3 N–H and O–H groups in total. The molecule has 23 heavy (non-hydrogen) atoms. The van der Waals surface area contributed by atoms with Crippen LogP contribution in [0.25, 0.3) is 0 Å². The summed E-state index contributed by atoms with van der Waals surface area (Å²) in [5.41, 5.74) is 1.31. The Morgan fingerprint density at radius 1 is 1.30 bits per heavy atom. The van der Waals surface area contributed by atoms with Crippen LogP contribution in [0.5, 0.6) is 0 Å². The first-order valence-corrected chi connectivity index (χ1v) is 7.78. The zero-order chi connectivity index (χ0) is 17.5. The molecule has 1 rings (SSSR count). The van der Waals surface area contributed by atoms with Gasteiger partial charge in [0.15, 0.2) is 0 Å². The van der Waals surface area contributed by atoms with Crippen LogP contribution in [0.4, 0.5) is 9.18 Å². The van der Waals surface area contributed by atoms with Crippen LogP contribution in [0.1, 0.15) is 31.4 Å². The van der Waals surface area contributed by atoms with Crippen molar-refractivity contribution in [1.29, 1.82) is 0 Å². The third-order valence-corrected chi connectivity index (χ3v) is 3.57. The van der Waals surface area contributed by atoms with Gasteiger partial charge in [-0.05, 0) is 43.6 Å². The Balaban J connectivity index is 2.50. The maximum absolute atomic E-state index is 13.7. The Labute approximate surface area is 137 Å². The summed E-state index contributed by atoms with van der Waals surface area (Å²) in [5.74, 6) is -0.238. The lowest BCUT2D eigenvalue weighted by molar-refractivity contribution is 0.201. The molecule has 0 fully saturated rings. The van der Waals surface area contributed by atoms with Gasteiger partial charge in [0.1, 0.15) is 5.82 Å². The summed E-state index contributed by atoms with van der Waals surface area (Å²) < 4.78 is 13.7. The van der Waals surface area contributed by atoms with E-state index in [1.54, 1.807) is 12.1 Å². The third-order valence-electron chi connectivity index (χ3n) is 3.57. The number of nitrogens with one attached hydrogen (secondary N) is 2. The lowest BCUT2D eigenvalue weighted by Gasteiger charge is -2.23. The highest BCUT2D eigenvalue weighted by molar-refractivity contribution is 5.73. The Hall–Kier alpha value is -1.66. The Morgan fingerprint density at radius 3 is 2.61 bits per heavy atom. The van der Waals surface area contributed by atoms with Crippen molar-refractivity contribution in [3.8, 4) is 0 Å². The zero-order valence-electron chi connectivity index (χ0n) is 14.4. The van der Waals surface area contributed by atoms with Gasteiger partial charge in [0.05, 0.1) is 0 Å². The molecule has 0 spiro atoms. The van der Waals surface area contributed by atoms with Crippen molar-refractivity contribution in [2.75, 3.05) is 27.2 Å². The molecule has 130 valence electrons. The fourth-order valence-corrected chi connectivity index (χ4v) is 2.16. The first-order valence-electron chi connectivity index (χ1n) is 7.78. The number of aliphatic hydroxyl groups excluding tert-OH is 1. The Bertz CT molecular complexity index is 519. The summed E-state index contributed by atoms with van der Waals surface area (Å²) in [6.07, 6.45) is 0.624. The molecule has 0 aliphatic rings. The van der Waals surface area contributed by atoms with E-state index in [9.17, 15) is 9.18 Å². The number of nitrogens with zero attached hydrogens (tertiary/aromatic N) is 1. The van der Waals surface area contributed by atoms with Gasteiger partial charge in [-0.3, -0.25) is 0 Å². The van der Waals surface area contributed by atoms with Crippen LogP contribution >= 0.6 is 0 Å². The van der Waals surface area contributed by atoms with Crippen molar-refractivity contribution in [3.05, 3.63) is 35.1 Å². The first-order chi connectivity index (χ1) is 10.7. The van der Waals surface area contributed by atoms with Crippen molar-refractivity contribution in [3.63, 3.8) is 0 Å². The van der Waals surface area contributed by atoms with Gasteiger partial charge >= 0.3 is 6.03 Å². The number of rotatable bonds is 8. The summed E-state index contributed by atoms with van der Waals surface area (Å²) in [6, 6.07) is 4.60. The maximum atomic E-state index is 13.7. The quantitative estimate of drug-likeness (QED) is 0.686. The minimum absolute atomic E-state index is 0.0977. The van der Waals surface area contributed by atoms with Gasteiger partial charge in [-0.15, -0.1) is 0 Å². The predicted octanol–water partition coefficient (Wildman–Crippen LogP) is 2.10. The van der Waals surface area contributed by atoms with E-state index in [0.29, 0.717) is 31.6 Å². The fraction of sp³-hybridized carbons (Fsp3) is 0.588. The van der Waals surface area contributed by atoms with Gasteiger partial charge in [0.25, 0.3) is 0 Å². The SMILES string of the molecule is CN(C)Cc1cc(CNC(=O)NCC(C)(C)CCO)ccc1F. The number of carbonyl (C=O) groups is 1. The van der Waals surface area contributed by atoms with Crippen LogP contribution in [-0.2, 0) is 13.1 Å². The van der Waals surface area contributed by atoms with Crippen molar-refractivity contribution in [2.24, 2.45) is 5.41 Å². The number of hydrogen-bond donors (Lipinski definition) is 3. The lowest BCUT2D eigenvalue weighted by Crippen LogP contribution is -2.40. The molecule has 6 heteroatoms. The van der Waals surface area contributed by atoms with Crippen molar-refractivity contribution in [2.45, 2.75) is 33.4 Å². The number of urea groups is 1. The highest BCUT2D eigenvalue weighted by Crippen LogP contribution is 2.17. The van der Waals surface area contributed by atoms with Crippen molar-refractivity contribution < 1.29 is 14.3 Å².